The van der Waals surface area contributed by atoms with Crippen LogP contribution in [0, 0.1) is 136 Å². The molecule has 0 spiro atoms. The number of aliphatic imine (C=N–C) groups is 1. The van der Waals surface area contributed by atoms with Crippen LogP contribution < -0.4 is 69.5 Å². The molecule has 0 bridgehead atoms. The molecule has 0 saturated carbocycles. The van der Waals surface area contributed by atoms with Crippen molar-refractivity contribution in [2.75, 3.05) is 7.11 Å². The van der Waals surface area contributed by atoms with Crippen molar-refractivity contribution in [3.8, 4) is 36.4 Å². The summed E-state index contributed by atoms with van der Waals surface area (Å²) in [6, 6.07) is 12.9. The van der Waals surface area contributed by atoms with E-state index in [1.807, 2.05) is 19.9 Å². The van der Waals surface area contributed by atoms with E-state index < -0.39 is 11.5 Å². The summed E-state index contributed by atoms with van der Waals surface area (Å²) in [5.41, 5.74) is 3.71. The smallest absolute Gasteiger partial charge is 0.857 e. The fourth-order valence-corrected chi connectivity index (χ4v) is 4.89. The van der Waals surface area contributed by atoms with Crippen molar-refractivity contribution < 1.29 is 74.4 Å². The van der Waals surface area contributed by atoms with Gasteiger partial charge < -0.3 is 15.5 Å². The Balaban J connectivity index is -0.000000222. The zero-order valence-corrected chi connectivity index (χ0v) is 32.9. The first-order valence-corrected chi connectivity index (χ1v) is 14.4. The minimum absolute atomic E-state index is 0. The summed E-state index contributed by atoms with van der Waals surface area (Å²) in [4.78, 5) is 11.8. The summed E-state index contributed by atoms with van der Waals surface area (Å²) in [5, 5.41) is 94.6. The molecule has 8 unspecified atom stereocenters. The van der Waals surface area contributed by atoms with Crippen molar-refractivity contribution in [2.24, 2.45) is 46.4 Å². The molecular weight excluding hydrogens is 624 g/mol. The molecule has 47 heavy (non-hydrogen) atoms. The Labute approximate surface area is 323 Å². The third kappa shape index (κ3) is 19.5. The van der Waals surface area contributed by atoms with E-state index in [0.29, 0.717) is 37.8 Å². The molecule has 0 fully saturated rings. The SMILES string of the molecule is CCC(C#N)CC(C#N)CC(C#N)CC(C)C#N.CCC(C#N)CC1CC(CC(C)C#N)(/[N+]([O-])=[NH+]/[O-])C(=N)N=C1C.C[O-].N=O.[Na+].[Na+]. The Morgan fingerprint density at radius 3 is 1.66 bits per heavy atom. The standard InChI is InChI=1S/C15H22N6O2.C14H18N4.CH3O.HNO.2Na/c1-4-12(9-17)5-13-7-15(21(23)20-22,6-10(2)8-16)14(18)19-11(13)3;1-3-12(8-16)5-14(10-18)6-13(9-17)4-11(2)7-15;2*1-2;;/h10,12-13,18,20H,4-7H2,1-3H3;11-14H,3-6H2,1-2H3;1H3;1H;;/q;;-1;;2*+1/b18-14?,21-20-;;;;;. The first-order valence-electron chi connectivity index (χ1n) is 14.4. The maximum Gasteiger partial charge on any atom is 1.00 e. The number of hydrogen-bond donors (Lipinski definition) is 3. The van der Waals surface area contributed by atoms with Crippen LogP contribution in [0.5, 0.6) is 0 Å². The van der Waals surface area contributed by atoms with Gasteiger partial charge in [-0.05, 0) is 59.3 Å². The Morgan fingerprint density at radius 1 is 0.851 bits per heavy atom. The second-order valence-electron chi connectivity index (χ2n) is 10.7. The van der Waals surface area contributed by atoms with E-state index in [2.05, 4.69) is 40.9 Å². The van der Waals surface area contributed by atoms with Gasteiger partial charge in [0.2, 0.25) is 5.84 Å². The van der Waals surface area contributed by atoms with Crippen LogP contribution in [0.4, 0.5) is 0 Å². The number of hydrogen-bond acceptors (Lipinski definition) is 12. The van der Waals surface area contributed by atoms with E-state index in [0.717, 1.165) is 13.5 Å². The van der Waals surface area contributed by atoms with Gasteiger partial charge >= 0.3 is 59.1 Å². The predicted octanol–water partition coefficient (Wildman–Crippen LogP) is -2.32. The monoisotopic (exact) mass is 668 g/mol. The number of amidine groups is 1. The maximum atomic E-state index is 12.1. The average Bonchev–Trinajstić information content (AvgIpc) is 3.08. The zero-order chi connectivity index (χ0) is 35.6. The number of nitrogens with zero attached hydrogens (tertiary/aromatic N) is 8. The van der Waals surface area contributed by atoms with Crippen LogP contribution >= 0.6 is 0 Å². The molecule has 0 aromatic carbocycles. The number of hydroxylamine groups is 1. The van der Waals surface area contributed by atoms with Crippen molar-refractivity contribution in [3.05, 3.63) is 15.3 Å². The van der Waals surface area contributed by atoms with Crippen molar-refractivity contribution in [1.82, 2.24) is 0 Å². The topological polar surface area (TPSA) is 306 Å². The summed E-state index contributed by atoms with van der Waals surface area (Å²) in [6.45, 7) is 9.01. The third-order valence-electron chi connectivity index (χ3n) is 7.52. The van der Waals surface area contributed by atoms with Gasteiger partial charge in [-0.3, -0.25) is 5.41 Å². The van der Waals surface area contributed by atoms with Crippen molar-refractivity contribution in [1.29, 1.82) is 42.6 Å². The molecule has 1 aliphatic heterocycles. The Bertz CT molecular complexity index is 1230. The third-order valence-corrected chi connectivity index (χ3v) is 7.52. The van der Waals surface area contributed by atoms with Gasteiger partial charge in [-0.1, -0.05) is 19.4 Å². The largest absolute Gasteiger partial charge is 1.00 e. The second-order valence-corrected chi connectivity index (χ2v) is 10.7. The van der Waals surface area contributed by atoms with Crippen LogP contribution in [-0.2, 0) is 0 Å². The fraction of sp³-hybridized carbons (Fsp3) is 0.733. The molecule has 1 rings (SSSR count). The molecule has 1 heterocycles. The summed E-state index contributed by atoms with van der Waals surface area (Å²) >= 11 is 0. The molecule has 15 nitrogen and oxygen atoms in total. The van der Waals surface area contributed by atoms with Crippen LogP contribution in [0.15, 0.2) is 4.99 Å². The number of nitroso groups, excluding NO2 is 1. The number of nitrogens with one attached hydrogen (secondary N) is 3. The van der Waals surface area contributed by atoms with Gasteiger partial charge in [0, 0.05) is 64.2 Å². The summed E-state index contributed by atoms with van der Waals surface area (Å²) < 4.78 is 0. The minimum atomic E-state index is -1.48. The first kappa shape index (κ1) is 53.5. The van der Waals surface area contributed by atoms with Crippen LogP contribution in [0.1, 0.15) is 86.0 Å². The van der Waals surface area contributed by atoms with E-state index in [9.17, 15) is 10.4 Å². The second kappa shape index (κ2) is 31.6. The average molecular weight is 669 g/mol. The van der Waals surface area contributed by atoms with E-state index >= 15 is 0 Å². The predicted molar refractivity (Wildman–Crippen MR) is 161 cm³/mol. The van der Waals surface area contributed by atoms with E-state index in [1.54, 1.807) is 20.8 Å². The van der Waals surface area contributed by atoms with E-state index in [4.69, 9.17) is 47.0 Å². The van der Waals surface area contributed by atoms with Gasteiger partial charge in [-0.2, -0.15) is 43.6 Å². The Hall–Kier alpha value is -2.96. The zero-order valence-electron chi connectivity index (χ0n) is 28.9. The molecule has 244 valence electrons. The molecule has 1 aliphatic rings. The van der Waals surface area contributed by atoms with Gasteiger partial charge in [0.05, 0.1) is 42.3 Å². The van der Waals surface area contributed by atoms with E-state index in [1.165, 1.54) is 5.28 Å². The number of nitriles is 6. The van der Waals surface area contributed by atoms with Gasteiger partial charge in [-0.25, -0.2) is 4.99 Å². The first-order chi connectivity index (χ1) is 21.4. The molecule has 8 atom stereocenters. The number of rotatable bonds is 13. The molecular formula is C30H44N11Na2O4+. The molecule has 0 aromatic heterocycles. The maximum absolute atomic E-state index is 12.1. The van der Waals surface area contributed by atoms with Crippen LogP contribution in [0.3, 0.4) is 0 Å². The van der Waals surface area contributed by atoms with Crippen molar-refractivity contribution in [2.45, 2.75) is 91.5 Å². The van der Waals surface area contributed by atoms with Gasteiger partial charge in [0.25, 0.3) is 5.54 Å². The molecule has 3 N–H and O–H groups in total. The van der Waals surface area contributed by atoms with Crippen LogP contribution in [0.25, 0.3) is 0 Å². The summed E-state index contributed by atoms with van der Waals surface area (Å²) in [5.74, 6) is -1.92. The molecule has 0 aliphatic carbocycles. The van der Waals surface area contributed by atoms with Crippen LogP contribution in [-0.4, -0.2) is 29.1 Å². The van der Waals surface area contributed by atoms with Crippen LogP contribution in [0.2, 0.25) is 0 Å². The fourth-order valence-electron chi connectivity index (χ4n) is 4.89. The Morgan fingerprint density at radius 2 is 1.28 bits per heavy atom. The molecule has 0 aromatic rings. The van der Waals surface area contributed by atoms with Crippen molar-refractivity contribution in [3.63, 3.8) is 0 Å². The molecule has 0 saturated heterocycles. The minimum Gasteiger partial charge on any atom is -0.857 e. The van der Waals surface area contributed by atoms with Crippen molar-refractivity contribution >= 4 is 11.5 Å². The Kier molecular flexibility index (Phi) is 36.0. The quantitative estimate of drug-likeness (QED) is 0.0618. The van der Waals surface area contributed by atoms with Gasteiger partial charge in [0.1, 0.15) is 0 Å². The summed E-state index contributed by atoms with van der Waals surface area (Å²) in [7, 11) is 0.750. The molecule has 0 radical (unpaired) electrons. The summed E-state index contributed by atoms with van der Waals surface area (Å²) in [6.07, 6.45) is 3.63. The molecule has 0 amide bonds. The van der Waals surface area contributed by atoms with Gasteiger partial charge in [0.15, 0.2) is 0 Å². The molecule has 17 heteroatoms. The van der Waals surface area contributed by atoms with E-state index in [-0.39, 0.29) is 118 Å². The normalized spacial score (nSPS) is 19.9. The van der Waals surface area contributed by atoms with Gasteiger partial charge in [-0.15, -0.1) is 0 Å².